The average Bonchev–Trinajstić information content (AvgIpc) is 2.84. The highest BCUT2D eigenvalue weighted by Gasteiger charge is 2.26. The molecule has 2 unspecified atom stereocenters. The summed E-state index contributed by atoms with van der Waals surface area (Å²) in [5, 5.41) is 4.21. The Morgan fingerprint density at radius 3 is 3.00 bits per heavy atom. The maximum atomic E-state index is 5.70. The zero-order chi connectivity index (χ0) is 10.8. The van der Waals surface area contributed by atoms with E-state index in [-0.39, 0.29) is 0 Å². The lowest BCUT2D eigenvalue weighted by Crippen LogP contribution is -2.26. The van der Waals surface area contributed by atoms with Crippen molar-refractivity contribution in [1.29, 1.82) is 0 Å². The van der Waals surface area contributed by atoms with Gasteiger partial charge in [0.25, 0.3) is 0 Å². The van der Waals surface area contributed by atoms with E-state index in [0.717, 1.165) is 19.6 Å². The van der Waals surface area contributed by atoms with Gasteiger partial charge in [-0.15, -0.1) is 0 Å². The quantitative estimate of drug-likeness (QED) is 0.798. The molecule has 1 fully saturated rings. The first kappa shape index (κ1) is 10.6. The Labute approximate surface area is 91.1 Å². The highest BCUT2D eigenvalue weighted by molar-refractivity contribution is 5.10. The Hall–Kier alpha value is -0.870. The predicted molar refractivity (Wildman–Crippen MR) is 60.4 cm³/mol. The Kier molecular flexibility index (Phi) is 3.07. The SMILES string of the molecule is CC(c1cnn(C)c1)N1CCC(CN)C1. The number of aromatic nitrogens is 2. The third kappa shape index (κ3) is 2.21. The number of aryl methyl sites for hydroxylation is 1. The first-order valence-corrected chi connectivity index (χ1v) is 5.63. The van der Waals surface area contributed by atoms with Crippen LogP contribution in [0, 0.1) is 5.92 Å². The lowest BCUT2D eigenvalue weighted by atomic mass is 10.1. The maximum Gasteiger partial charge on any atom is 0.0537 e. The molecule has 0 aromatic carbocycles. The second kappa shape index (κ2) is 4.33. The topological polar surface area (TPSA) is 47.1 Å². The van der Waals surface area contributed by atoms with E-state index in [2.05, 4.69) is 23.1 Å². The summed E-state index contributed by atoms with van der Waals surface area (Å²) in [5.41, 5.74) is 7.00. The number of hydrogen-bond donors (Lipinski definition) is 1. The molecule has 15 heavy (non-hydrogen) atoms. The van der Waals surface area contributed by atoms with Gasteiger partial charge in [-0.2, -0.15) is 5.10 Å². The van der Waals surface area contributed by atoms with Crippen LogP contribution in [0.3, 0.4) is 0 Å². The Morgan fingerprint density at radius 2 is 2.47 bits per heavy atom. The predicted octanol–water partition coefficient (Wildman–Crippen LogP) is 0.762. The molecular formula is C11H20N4. The van der Waals surface area contributed by atoms with Crippen molar-refractivity contribution in [3.63, 3.8) is 0 Å². The van der Waals surface area contributed by atoms with Crippen LogP contribution in [0.25, 0.3) is 0 Å². The van der Waals surface area contributed by atoms with Crippen LogP contribution in [-0.2, 0) is 7.05 Å². The zero-order valence-electron chi connectivity index (χ0n) is 9.56. The Bertz CT molecular complexity index is 320. The molecule has 0 bridgehead atoms. The van der Waals surface area contributed by atoms with Crippen LogP contribution >= 0.6 is 0 Å². The van der Waals surface area contributed by atoms with E-state index in [0.29, 0.717) is 12.0 Å². The van der Waals surface area contributed by atoms with Crippen LogP contribution < -0.4 is 5.73 Å². The molecule has 0 spiro atoms. The van der Waals surface area contributed by atoms with Gasteiger partial charge in [0.05, 0.1) is 6.20 Å². The highest BCUT2D eigenvalue weighted by Crippen LogP contribution is 2.26. The summed E-state index contributed by atoms with van der Waals surface area (Å²) in [6, 6.07) is 0.468. The van der Waals surface area contributed by atoms with Crippen molar-refractivity contribution in [3.05, 3.63) is 18.0 Å². The molecule has 4 nitrogen and oxygen atoms in total. The summed E-state index contributed by atoms with van der Waals surface area (Å²) in [5.74, 6) is 0.684. The molecule has 4 heteroatoms. The van der Waals surface area contributed by atoms with Gasteiger partial charge in [0.1, 0.15) is 0 Å². The average molecular weight is 208 g/mol. The Balaban J connectivity index is 2.00. The molecule has 1 aromatic rings. The van der Waals surface area contributed by atoms with Gasteiger partial charge in [0.15, 0.2) is 0 Å². The summed E-state index contributed by atoms with van der Waals surface area (Å²) in [6.45, 7) is 5.36. The fourth-order valence-electron chi connectivity index (χ4n) is 2.27. The number of hydrogen-bond acceptors (Lipinski definition) is 3. The fourth-order valence-corrected chi connectivity index (χ4v) is 2.27. The Morgan fingerprint density at radius 1 is 1.67 bits per heavy atom. The first-order chi connectivity index (χ1) is 7.20. The number of rotatable bonds is 3. The smallest absolute Gasteiger partial charge is 0.0537 e. The van der Waals surface area contributed by atoms with E-state index in [4.69, 9.17) is 5.73 Å². The second-order valence-corrected chi connectivity index (χ2v) is 4.51. The van der Waals surface area contributed by atoms with Gasteiger partial charge in [-0.1, -0.05) is 0 Å². The van der Waals surface area contributed by atoms with Gasteiger partial charge in [-0.25, -0.2) is 0 Å². The standard InChI is InChI=1S/C11H20N4/c1-9(11-6-13-14(2)8-11)15-4-3-10(5-12)7-15/h6,8-10H,3-5,7,12H2,1-2H3. The summed E-state index contributed by atoms with van der Waals surface area (Å²) in [6.07, 6.45) is 5.29. The van der Waals surface area contributed by atoms with E-state index < -0.39 is 0 Å². The zero-order valence-corrected chi connectivity index (χ0v) is 9.56. The van der Waals surface area contributed by atoms with Crippen molar-refractivity contribution >= 4 is 0 Å². The first-order valence-electron chi connectivity index (χ1n) is 5.63. The van der Waals surface area contributed by atoms with Crippen molar-refractivity contribution in [2.24, 2.45) is 18.7 Å². The molecule has 1 aromatic heterocycles. The van der Waals surface area contributed by atoms with E-state index in [1.54, 1.807) is 0 Å². The van der Waals surface area contributed by atoms with Gasteiger partial charge in [0.2, 0.25) is 0 Å². The minimum Gasteiger partial charge on any atom is -0.330 e. The lowest BCUT2D eigenvalue weighted by molar-refractivity contribution is 0.253. The molecular weight excluding hydrogens is 188 g/mol. The van der Waals surface area contributed by atoms with Crippen LogP contribution in [0.15, 0.2) is 12.4 Å². The monoisotopic (exact) mass is 208 g/mol. The molecule has 84 valence electrons. The molecule has 1 aliphatic rings. The normalized spacial score (nSPS) is 24.6. The molecule has 2 N–H and O–H groups in total. The molecule has 0 aliphatic carbocycles. The molecule has 2 rings (SSSR count). The largest absolute Gasteiger partial charge is 0.330 e. The van der Waals surface area contributed by atoms with E-state index >= 15 is 0 Å². The van der Waals surface area contributed by atoms with Crippen molar-refractivity contribution in [2.45, 2.75) is 19.4 Å². The van der Waals surface area contributed by atoms with Crippen LogP contribution in [-0.4, -0.2) is 34.3 Å². The second-order valence-electron chi connectivity index (χ2n) is 4.51. The molecule has 0 radical (unpaired) electrons. The third-order valence-electron chi connectivity index (χ3n) is 3.41. The van der Waals surface area contributed by atoms with E-state index in [1.807, 2.05) is 17.9 Å². The van der Waals surface area contributed by atoms with Crippen LogP contribution in [0.1, 0.15) is 24.9 Å². The molecule has 2 heterocycles. The van der Waals surface area contributed by atoms with Crippen LogP contribution in [0.2, 0.25) is 0 Å². The molecule has 2 atom stereocenters. The fraction of sp³-hybridized carbons (Fsp3) is 0.727. The van der Waals surface area contributed by atoms with Crippen LogP contribution in [0.4, 0.5) is 0 Å². The molecule has 0 saturated carbocycles. The van der Waals surface area contributed by atoms with Gasteiger partial charge in [0, 0.05) is 31.4 Å². The molecule has 1 aliphatic heterocycles. The van der Waals surface area contributed by atoms with Gasteiger partial charge >= 0.3 is 0 Å². The summed E-state index contributed by atoms with van der Waals surface area (Å²) >= 11 is 0. The van der Waals surface area contributed by atoms with Gasteiger partial charge < -0.3 is 5.73 Å². The maximum absolute atomic E-state index is 5.70. The lowest BCUT2D eigenvalue weighted by Gasteiger charge is -2.23. The summed E-state index contributed by atoms with van der Waals surface area (Å²) < 4.78 is 1.86. The third-order valence-corrected chi connectivity index (χ3v) is 3.41. The molecule has 0 amide bonds. The highest BCUT2D eigenvalue weighted by atomic mass is 15.3. The summed E-state index contributed by atoms with van der Waals surface area (Å²) in [4.78, 5) is 2.49. The van der Waals surface area contributed by atoms with Crippen molar-refractivity contribution in [3.8, 4) is 0 Å². The van der Waals surface area contributed by atoms with Gasteiger partial charge in [-0.05, 0) is 32.4 Å². The van der Waals surface area contributed by atoms with Gasteiger partial charge in [-0.3, -0.25) is 9.58 Å². The summed E-state index contributed by atoms with van der Waals surface area (Å²) in [7, 11) is 1.96. The molecule has 1 saturated heterocycles. The van der Waals surface area contributed by atoms with Crippen molar-refractivity contribution < 1.29 is 0 Å². The van der Waals surface area contributed by atoms with Crippen molar-refractivity contribution in [2.75, 3.05) is 19.6 Å². The van der Waals surface area contributed by atoms with E-state index in [9.17, 15) is 0 Å². The van der Waals surface area contributed by atoms with Crippen molar-refractivity contribution in [1.82, 2.24) is 14.7 Å². The number of nitrogens with two attached hydrogens (primary N) is 1. The number of nitrogens with zero attached hydrogens (tertiary/aromatic N) is 3. The number of likely N-dealkylation sites (tertiary alicyclic amines) is 1. The van der Waals surface area contributed by atoms with E-state index in [1.165, 1.54) is 12.0 Å². The van der Waals surface area contributed by atoms with Crippen LogP contribution in [0.5, 0.6) is 0 Å². The minimum atomic E-state index is 0.468. The minimum absolute atomic E-state index is 0.468.